The summed E-state index contributed by atoms with van der Waals surface area (Å²) in [4.78, 5) is 10.7. The lowest BCUT2D eigenvalue weighted by atomic mass is 10.3. The van der Waals surface area contributed by atoms with Gasteiger partial charge in [0.2, 0.25) is 0 Å². The van der Waals surface area contributed by atoms with Crippen molar-refractivity contribution in [1.29, 1.82) is 0 Å². The van der Waals surface area contributed by atoms with Crippen molar-refractivity contribution in [2.75, 3.05) is 0 Å². The van der Waals surface area contributed by atoms with E-state index < -0.39 is 11.6 Å². The Morgan fingerprint density at radius 1 is 1.25 bits per heavy atom. The molecule has 5 heteroatoms. The minimum atomic E-state index is -0.730. The average molecular weight is 286 g/mol. The standard InChI is InChI=1S/C11H6BrF2NO/c12-7-4-9(13)11(10(14)5-7)15-3-1-2-8(15)6-16/h1-6H. The number of halogens is 3. The van der Waals surface area contributed by atoms with Crippen LogP contribution in [0.5, 0.6) is 0 Å². The molecule has 0 saturated carbocycles. The smallest absolute Gasteiger partial charge is 0.166 e. The predicted molar refractivity (Wildman–Crippen MR) is 58.8 cm³/mol. The summed E-state index contributed by atoms with van der Waals surface area (Å²) in [7, 11) is 0. The molecular weight excluding hydrogens is 280 g/mol. The maximum absolute atomic E-state index is 13.6. The highest BCUT2D eigenvalue weighted by atomic mass is 79.9. The van der Waals surface area contributed by atoms with Crippen molar-refractivity contribution in [3.05, 3.63) is 52.3 Å². The molecule has 16 heavy (non-hydrogen) atoms. The number of aromatic nitrogens is 1. The van der Waals surface area contributed by atoms with Gasteiger partial charge in [0.1, 0.15) is 5.69 Å². The van der Waals surface area contributed by atoms with Gasteiger partial charge in [-0.1, -0.05) is 15.9 Å². The largest absolute Gasteiger partial charge is 0.309 e. The number of carbonyl (C=O) groups is 1. The third-order valence-corrected chi connectivity index (χ3v) is 2.58. The predicted octanol–water partition coefficient (Wildman–Crippen LogP) is 3.33. The summed E-state index contributed by atoms with van der Waals surface area (Å²) in [6, 6.07) is 5.32. The molecule has 2 aromatic rings. The summed E-state index contributed by atoms with van der Waals surface area (Å²) in [6.07, 6.45) is 1.97. The van der Waals surface area contributed by atoms with Gasteiger partial charge in [-0.2, -0.15) is 0 Å². The molecular formula is C11H6BrF2NO. The van der Waals surface area contributed by atoms with E-state index in [2.05, 4.69) is 15.9 Å². The van der Waals surface area contributed by atoms with Crippen molar-refractivity contribution in [1.82, 2.24) is 4.57 Å². The molecule has 1 aromatic carbocycles. The van der Waals surface area contributed by atoms with Gasteiger partial charge < -0.3 is 4.57 Å². The van der Waals surface area contributed by atoms with Crippen molar-refractivity contribution in [2.24, 2.45) is 0 Å². The van der Waals surface area contributed by atoms with Gasteiger partial charge in [0, 0.05) is 10.7 Å². The van der Waals surface area contributed by atoms with Crippen LogP contribution in [-0.2, 0) is 0 Å². The van der Waals surface area contributed by atoms with Crippen LogP contribution in [-0.4, -0.2) is 10.9 Å². The second-order valence-corrected chi connectivity index (χ2v) is 4.05. The third-order valence-electron chi connectivity index (χ3n) is 2.12. The van der Waals surface area contributed by atoms with Crippen LogP contribution in [0.4, 0.5) is 8.78 Å². The molecule has 0 aliphatic rings. The van der Waals surface area contributed by atoms with Crippen molar-refractivity contribution >= 4 is 22.2 Å². The molecule has 0 N–H and O–H groups in total. The minimum absolute atomic E-state index is 0.195. The summed E-state index contributed by atoms with van der Waals surface area (Å²) in [5.74, 6) is -1.46. The van der Waals surface area contributed by atoms with E-state index in [0.717, 1.165) is 12.1 Å². The molecule has 0 amide bonds. The van der Waals surface area contributed by atoms with Gasteiger partial charge >= 0.3 is 0 Å². The number of hydrogen-bond donors (Lipinski definition) is 0. The Morgan fingerprint density at radius 2 is 1.88 bits per heavy atom. The number of aldehydes is 1. The summed E-state index contributed by atoms with van der Waals surface area (Å²) in [6.45, 7) is 0. The summed E-state index contributed by atoms with van der Waals surface area (Å²) in [5.41, 5.74) is -0.0598. The lowest BCUT2D eigenvalue weighted by Gasteiger charge is -2.08. The molecule has 0 radical (unpaired) electrons. The second kappa shape index (κ2) is 4.17. The lowest BCUT2D eigenvalue weighted by molar-refractivity contribution is 0.111. The molecule has 0 atom stereocenters. The Balaban J connectivity index is 2.69. The summed E-state index contributed by atoms with van der Waals surface area (Å²) in [5, 5.41) is 0. The highest BCUT2D eigenvalue weighted by Gasteiger charge is 2.14. The van der Waals surface area contributed by atoms with Crippen LogP contribution in [0.25, 0.3) is 5.69 Å². The van der Waals surface area contributed by atoms with Gasteiger partial charge in [0.25, 0.3) is 0 Å². The number of nitrogens with zero attached hydrogens (tertiary/aromatic N) is 1. The van der Waals surface area contributed by atoms with Gasteiger partial charge in [-0.25, -0.2) is 8.78 Å². The van der Waals surface area contributed by atoms with Crippen molar-refractivity contribution in [3.63, 3.8) is 0 Å². The van der Waals surface area contributed by atoms with Crippen molar-refractivity contribution in [2.45, 2.75) is 0 Å². The Kier molecular flexibility index (Phi) is 2.87. The fourth-order valence-electron chi connectivity index (χ4n) is 1.46. The van der Waals surface area contributed by atoms with Gasteiger partial charge in [-0.05, 0) is 24.3 Å². The molecule has 0 bridgehead atoms. The fraction of sp³-hybridized carbons (Fsp3) is 0. The van der Waals surface area contributed by atoms with Crippen LogP contribution in [0.3, 0.4) is 0 Å². The third kappa shape index (κ3) is 1.78. The number of hydrogen-bond acceptors (Lipinski definition) is 1. The van der Waals surface area contributed by atoms with E-state index in [9.17, 15) is 13.6 Å². The van der Waals surface area contributed by atoms with E-state index in [1.54, 1.807) is 6.07 Å². The molecule has 0 fully saturated rings. The molecule has 1 aromatic heterocycles. The summed E-state index contributed by atoms with van der Waals surface area (Å²) < 4.78 is 28.7. The fourth-order valence-corrected chi connectivity index (χ4v) is 1.86. The Bertz CT molecular complexity index is 528. The topological polar surface area (TPSA) is 22.0 Å². The van der Waals surface area contributed by atoms with Gasteiger partial charge in [0.05, 0.1) is 5.69 Å². The molecule has 0 spiro atoms. The zero-order chi connectivity index (χ0) is 11.7. The van der Waals surface area contributed by atoms with E-state index in [-0.39, 0.29) is 11.4 Å². The van der Waals surface area contributed by atoms with Crippen LogP contribution in [0.2, 0.25) is 0 Å². The van der Waals surface area contributed by atoms with E-state index in [0.29, 0.717) is 10.8 Å². The zero-order valence-electron chi connectivity index (χ0n) is 7.95. The van der Waals surface area contributed by atoms with Gasteiger partial charge in [0.15, 0.2) is 17.9 Å². The molecule has 82 valence electrons. The van der Waals surface area contributed by atoms with Gasteiger partial charge in [-0.15, -0.1) is 0 Å². The molecule has 0 unspecified atom stereocenters. The maximum Gasteiger partial charge on any atom is 0.166 e. The second-order valence-electron chi connectivity index (χ2n) is 3.14. The number of benzene rings is 1. The maximum atomic E-state index is 13.6. The van der Waals surface area contributed by atoms with E-state index in [1.807, 2.05) is 0 Å². The molecule has 0 saturated heterocycles. The Hall–Kier alpha value is -1.49. The average Bonchev–Trinajstić information content (AvgIpc) is 2.64. The molecule has 0 aliphatic heterocycles. The first-order valence-corrected chi connectivity index (χ1v) is 5.20. The lowest BCUT2D eigenvalue weighted by Crippen LogP contribution is -2.03. The van der Waals surface area contributed by atoms with Crippen LogP contribution >= 0.6 is 15.9 Å². The zero-order valence-corrected chi connectivity index (χ0v) is 9.54. The first kappa shape index (κ1) is 11.0. The van der Waals surface area contributed by atoms with Crippen molar-refractivity contribution in [3.8, 4) is 5.69 Å². The van der Waals surface area contributed by atoms with Crippen LogP contribution < -0.4 is 0 Å². The normalized spacial score (nSPS) is 10.4. The molecule has 0 aliphatic carbocycles. The van der Waals surface area contributed by atoms with Crippen LogP contribution in [0.1, 0.15) is 10.5 Å². The van der Waals surface area contributed by atoms with E-state index in [4.69, 9.17) is 0 Å². The van der Waals surface area contributed by atoms with Crippen molar-refractivity contribution < 1.29 is 13.6 Å². The van der Waals surface area contributed by atoms with Crippen LogP contribution in [0.15, 0.2) is 34.9 Å². The molecule has 2 nitrogen and oxygen atoms in total. The monoisotopic (exact) mass is 285 g/mol. The Morgan fingerprint density at radius 3 is 2.44 bits per heavy atom. The minimum Gasteiger partial charge on any atom is -0.309 e. The van der Waals surface area contributed by atoms with Crippen LogP contribution in [0, 0.1) is 11.6 Å². The van der Waals surface area contributed by atoms with E-state index in [1.165, 1.54) is 16.8 Å². The number of rotatable bonds is 2. The SMILES string of the molecule is O=Cc1cccn1-c1c(F)cc(Br)cc1F. The number of carbonyl (C=O) groups excluding carboxylic acids is 1. The summed E-state index contributed by atoms with van der Waals surface area (Å²) >= 11 is 2.99. The highest BCUT2D eigenvalue weighted by molar-refractivity contribution is 9.10. The van der Waals surface area contributed by atoms with Gasteiger partial charge in [-0.3, -0.25) is 4.79 Å². The first-order chi connectivity index (χ1) is 7.63. The van der Waals surface area contributed by atoms with E-state index >= 15 is 0 Å². The Labute approximate surface area is 98.6 Å². The molecule has 1 heterocycles. The quantitative estimate of drug-likeness (QED) is 0.776. The molecule has 2 rings (SSSR count). The first-order valence-electron chi connectivity index (χ1n) is 4.41. The highest BCUT2D eigenvalue weighted by Crippen LogP contribution is 2.23.